The normalized spacial score (nSPS) is 13.6. The van der Waals surface area contributed by atoms with E-state index in [4.69, 9.17) is 10.5 Å². The van der Waals surface area contributed by atoms with Gasteiger partial charge in [0.2, 0.25) is 0 Å². The Hall–Kier alpha value is -1.27. The zero-order valence-electron chi connectivity index (χ0n) is 8.58. The minimum atomic E-state index is -4.45. The highest BCUT2D eigenvalue weighted by molar-refractivity contribution is 5.39. The van der Waals surface area contributed by atoms with E-state index in [0.29, 0.717) is 0 Å². The lowest BCUT2D eigenvalue weighted by molar-refractivity contribution is -0.137. The lowest BCUT2D eigenvalue weighted by atomic mass is 10.0. The highest BCUT2D eigenvalue weighted by atomic mass is 19.4. The van der Waals surface area contributed by atoms with E-state index in [1.807, 2.05) is 0 Å². The van der Waals surface area contributed by atoms with Gasteiger partial charge < -0.3 is 15.6 Å². The largest absolute Gasteiger partial charge is 0.496 e. The van der Waals surface area contributed by atoms with E-state index >= 15 is 0 Å². The van der Waals surface area contributed by atoms with Crippen molar-refractivity contribution in [3.63, 3.8) is 0 Å². The molecule has 0 heterocycles. The Morgan fingerprint density at radius 3 is 2.50 bits per heavy atom. The van der Waals surface area contributed by atoms with Crippen LogP contribution in [0.4, 0.5) is 13.2 Å². The second kappa shape index (κ2) is 4.71. The third kappa shape index (κ3) is 2.65. The third-order valence-electron chi connectivity index (χ3n) is 2.14. The summed E-state index contributed by atoms with van der Waals surface area (Å²) in [6, 6.07) is 2.90. The van der Waals surface area contributed by atoms with Gasteiger partial charge in [0.05, 0.1) is 18.8 Å². The summed E-state index contributed by atoms with van der Waals surface area (Å²) < 4.78 is 42.1. The molecule has 0 aliphatic rings. The van der Waals surface area contributed by atoms with E-state index in [1.165, 1.54) is 7.11 Å². The molecule has 3 nitrogen and oxygen atoms in total. The van der Waals surface area contributed by atoms with E-state index in [2.05, 4.69) is 0 Å². The number of hydrogen-bond acceptors (Lipinski definition) is 3. The standard InChI is InChI=1S/C10H12F3NO2/c1-16-9-3-2-6(10(11,12)13)4-7(9)8(15)5-14/h2-4,8,15H,5,14H2,1H3. The average Bonchev–Trinajstić information content (AvgIpc) is 2.25. The Labute approximate surface area is 90.6 Å². The van der Waals surface area contributed by atoms with Crippen LogP contribution < -0.4 is 10.5 Å². The summed E-state index contributed by atoms with van der Waals surface area (Å²) >= 11 is 0. The Balaban J connectivity index is 3.21. The zero-order valence-corrected chi connectivity index (χ0v) is 8.58. The van der Waals surface area contributed by atoms with Crippen LogP contribution in [-0.4, -0.2) is 18.8 Å². The topological polar surface area (TPSA) is 55.5 Å². The summed E-state index contributed by atoms with van der Waals surface area (Å²) in [6.07, 6.45) is -5.62. The molecular weight excluding hydrogens is 223 g/mol. The Morgan fingerprint density at radius 1 is 1.44 bits per heavy atom. The van der Waals surface area contributed by atoms with Crippen molar-refractivity contribution in [1.29, 1.82) is 0 Å². The number of nitrogens with two attached hydrogens (primary N) is 1. The number of ether oxygens (including phenoxy) is 1. The molecule has 90 valence electrons. The molecule has 16 heavy (non-hydrogen) atoms. The van der Waals surface area contributed by atoms with Crippen molar-refractivity contribution in [3.05, 3.63) is 29.3 Å². The molecule has 0 aliphatic carbocycles. The van der Waals surface area contributed by atoms with Crippen molar-refractivity contribution in [2.45, 2.75) is 12.3 Å². The molecule has 0 aliphatic heterocycles. The van der Waals surface area contributed by atoms with E-state index < -0.39 is 17.8 Å². The summed E-state index contributed by atoms with van der Waals surface area (Å²) in [7, 11) is 1.31. The Bertz CT molecular complexity index is 366. The lowest BCUT2D eigenvalue weighted by Gasteiger charge is -2.15. The smallest absolute Gasteiger partial charge is 0.416 e. The lowest BCUT2D eigenvalue weighted by Crippen LogP contribution is -2.14. The highest BCUT2D eigenvalue weighted by Crippen LogP contribution is 2.34. The van der Waals surface area contributed by atoms with Crippen LogP contribution in [0.1, 0.15) is 17.2 Å². The van der Waals surface area contributed by atoms with Gasteiger partial charge in [0, 0.05) is 12.1 Å². The van der Waals surface area contributed by atoms with E-state index in [0.717, 1.165) is 18.2 Å². The van der Waals surface area contributed by atoms with Crippen LogP contribution in [0.15, 0.2) is 18.2 Å². The van der Waals surface area contributed by atoms with Crippen LogP contribution in [0.2, 0.25) is 0 Å². The number of aliphatic hydroxyl groups excluding tert-OH is 1. The van der Waals surface area contributed by atoms with Gasteiger partial charge in [-0.15, -0.1) is 0 Å². The molecule has 6 heteroatoms. The van der Waals surface area contributed by atoms with Crippen molar-refractivity contribution in [2.75, 3.05) is 13.7 Å². The molecular formula is C10H12F3NO2. The van der Waals surface area contributed by atoms with Crippen molar-refractivity contribution in [2.24, 2.45) is 5.73 Å². The average molecular weight is 235 g/mol. The van der Waals surface area contributed by atoms with Crippen molar-refractivity contribution >= 4 is 0 Å². The fourth-order valence-electron chi connectivity index (χ4n) is 1.30. The second-order valence-electron chi connectivity index (χ2n) is 3.21. The van der Waals surface area contributed by atoms with Gasteiger partial charge in [-0.3, -0.25) is 0 Å². The van der Waals surface area contributed by atoms with Crippen LogP contribution in [0, 0.1) is 0 Å². The van der Waals surface area contributed by atoms with Crippen LogP contribution in [0.3, 0.4) is 0 Å². The first-order valence-corrected chi connectivity index (χ1v) is 4.53. The molecule has 1 atom stereocenters. The number of halogens is 3. The molecule has 1 aromatic carbocycles. The van der Waals surface area contributed by atoms with Crippen molar-refractivity contribution in [3.8, 4) is 5.75 Å². The van der Waals surface area contributed by atoms with Gasteiger partial charge in [-0.25, -0.2) is 0 Å². The Kier molecular flexibility index (Phi) is 3.77. The number of rotatable bonds is 3. The van der Waals surface area contributed by atoms with Gasteiger partial charge in [0.1, 0.15) is 5.75 Å². The summed E-state index contributed by atoms with van der Waals surface area (Å²) in [4.78, 5) is 0. The number of hydrogen-bond donors (Lipinski definition) is 2. The van der Waals surface area contributed by atoms with Gasteiger partial charge >= 0.3 is 6.18 Å². The van der Waals surface area contributed by atoms with Gasteiger partial charge in [-0.2, -0.15) is 13.2 Å². The molecule has 0 amide bonds. The minimum absolute atomic E-state index is 0.0415. The molecule has 0 fully saturated rings. The number of methoxy groups -OCH3 is 1. The van der Waals surface area contributed by atoms with E-state index in [9.17, 15) is 18.3 Å². The predicted molar refractivity (Wildman–Crippen MR) is 52.0 cm³/mol. The maximum Gasteiger partial charge on any atom is 0.416 e. The third-order valence-corrected chi connectivity index (χ3v) is 2.14. The van der Waals surface area contributed by atoms with Crippen LogP contribution >= 0.6 is 0 Å². The monoisotopic (exact) mass is 235 g/mol. The van der Waals surface area contributed by atoms with Crippen LogP contribution in [0.5, 0.6) is 5.75 Å². The molecule has 0 saturated carbocycles. The predicted octanol–water partition coefficient (Wildman–Crippen LogP) is 1.71. The highest BCUT2D eigenvalue weighted by Gasteiger charge is 2.31. The first kappa shape index (κ1) is 12.8. The zero-order chi connectivity index (χ0) is 12.3. The molecule has 0 aromatic heterocycles. The second-order valence-corrected chi connectivity index (χ2v) is 3.21. The van der Waals surface area contributed by atoms with Gasteiger partial charge in [0.15, 0.2) is 0 Å². The summed E-state index contributed by atoms with van der Waals surface area (Å²) in [5.41, 5.74) is 4.40. The van der Waals surface area contributed by atoms with Crippen LogP contribution in [-0.2, 0) is 6.18 Å². The van der Waals surface area contributed by atoms with Crippen molar-refractivity contribution in [1.82, 2.24) is 0 Å². The van der Waals surface area contributed by atoms with E-state index in [-0.39, 0.29) is 17.9 Å². The number of aliphatic hydroxyl groups is 1. The summed E-state index contributed by atoms with van der Waals surface area (Å²) in [5.74, 6) is 0.186. The minimum Gasteiger partial charge on any atom is -0.496 e. The maximum absolute atomic E-state index is 12.4. The molecule has 0 radical (unpaired) electrons. The number of alkyl halides is 3. The SMILES string of the molecule is COc1ccc(C(F)(F)F)cc1C(O)CN. The molecule has 0 bridgehead atoms. The van der Waals surface area contributed by atoms with Gasteiger partial charge in [-0.05, 0) is 18.2 Å². The number of benzene rings is 1. The van der Waals surface area contributed by atoms with Gasteiger partial charge in [0.25, 0.3) is 0 Å². The maximum atomic E-state index is 12.4. The first-order chi connectivity index (χ1) is 7.40. The fraction of sp³-hybridized carbons (Fsp3) is 0.400. The van der Waals surface area contributed by atoms with Crippen LogP contribution in [0.25, 0.3) is 0 Å². The molecule has 0 spiro atoms. The van der Waals surface area contributed by atoms with Gasteiger partial charge in [-0.1, -0.05) is 0 Å². The van der Waals surface area contributed by atoms with Crippen molar-refractivity contribution < 1.29 is 23.0 Å². The molecule has 1 aromatic rings. The first-order valence-electron chi connectivity index (χ1n) is 4.53. The quantitative estimate of drug-likeness (QED) is 0.838. The fourth-order valence-corrected chi connectivity index (χ4v) is 1.30. The summed E-state index contributed by atoms with van der Waals surface area (Å²) in [6.45, 7) is -0.169. The molecule has 3 N–H and O–H groups in total. The Morgan fingerprint density at radius 2 is 2.06 bits per heavy atom. The molecule has 1 unspecified atom stereocenters. The summed E-state index contributed by atoms with van der Waals surface area (Å²) in [5, 5.41) is 9.46. The van der Waals surface area contributed by atoms with E-state index in [1.54, 1.807) is 0 Å². The molecule has 1 rings (SSSR count). The molecule has 0 saturated heterocycles.